The zero-order valence-electron chi connectivity index (χ0n) is 24.0. The lowest BCUT2D eigenvalue weighted by Gasteiger charge is -2.38. The number of benzene rings is 1. The fourth-order valence-corrected chi connectivity index (χ4v) is 6.72. The number of ether oxygens (including phenoxy) is 3. The summed E-state index contributed by atoms with van der Waals surface area (Å²) in [6, 6.07) is 8.96. The van der Waals surface area contributed by atoms with Crippen LogP contribution in [0, 0.1) is 17.8 Å². The summed E-state index contributed by atoms with van der Waals surface area (Å²) in [6.45, 7) is 8.69. The molecule has 5 heteroatoms. The minimum atomic E-state index is -0.221. The van der Waals surface area contributed by atoms with Gasteiger partial charge in [0.05, 0.1) is 25.9 Å². The maximum absolute atomic E-state index is 11.6. The summed E-state index contributed by atoms with van der Waals surface area (Å²) < 4.78 is 18.5. The Bertz CT molecular complexity index is 831. The van der Waals surface area contributed by atoms with Crippen molar-refractivity contribution in [2.24, 2.45) is 17.8 Å². The molecule has 212 valence electrons. The molecule has 0 N–H and O–H groups in total. The molecule has 2 aliphatic carbocycles. The molecule has 1 aromatic carbocycles. The van der Waals surface area contributed by atoms with Gasteiger partial charge in [0.2, 0.25) is 5.91 Å². The van der Waals surface area contributed by atoms with Crippen LogP contribution in [0.3, 0.4) is 0 Å². The molecule has 0 unspecified atom stereocenters. The predicted molar refractivity (Wildman–Crippen MR) is 153 cm³/mol. The number of unbranched alkanes of at least 4 members (excludes halogenated alkanes) is 2. The van der Waals surface area contributed by atoms with Gasteiger partial charge in [-0.25, -0.2) is 0 Å². The molecule has 0 spiro atoms. The maximum atomic E-state index is 11.6. The smallest absolute Gasteiger partial charge is 0.245 e. The zero-order valence-corrected chi connectivity index (χ0v) is 24.0. The fourth-order valence-electron chi connectivity index (χ4n) is 6.72. The largest absolute Gasteiger partial charge is 0.376 e. The van der Waals surface area contributed by atoms with Crippen LogP contribution in [-0.4, -0.2) is 50.3 Å². The molecule has 1 heterocycles. The van der Waals surface area contributed by atoms with Crippen molar-refractivity contribution in [3.8, 4) is 0 Å². The standard InChI is InChI=1S/C33H51NO4/c1-4-6-7-8-25-9-11-28(12-10-25)30-23-37-33(38-24-30)29-15-13-26(14-16-29)27-17-19-31(20-18-27)36-22-21-34(3)32(35)5-2/h5,13-16,25,27-28,30-31,33H,2,4,6-12,17-24H2,1,3H3. The molecule has 1 aromatic rings. The Morgan fingerprint density at radius 1 is 0.947 bits per heavy atom. The topological polar surface area (TPSA) is 48.0 Å². The van der Waals surface area contributed by atoms with Gasteiger partial charge >= 0.3 is 0 Å². The van der Waals surface area contributed by atoms with E-state index in [1.807, 2.05) is 0 Å². The summed E-state index contributed by atoms with van der Waals surface area (Å²) in [5.74, 6) is 2.82. The Kier molecular flexibility index (Phi) is 11.7. The summed E-state index contributed by atoms with van der Waals surface area (Å²) in [6.07, 6.45) is 16.9. The molecular formula is C33H51NO4. The number of amides is 1. The van der Waals surface area contributed by atoms with Crippen LogP contribution in [0.2, 0.25) is 0 Å². The molecule has 1 aliphatic heterocycles. The van der Waals surface area contributed by atoms with E-state index in [4.69, 9.17) is 14.2 Å². The molecule has 4 rings (SSSR count). The average Bonchev–Trinajstić information content (AvgIpc) is 2.98. The zero-order chi connectivity index (χ0) is 26.7. The molecule has 1 saturated heterocycles. The Labute approximate surface area is 231 Å². The number of carbonyl (C=O) groups excluding carboxylic acids is 1. The molecule has 3 fully saturated rings. The van der Waals surface area contributed by atoms with Crippen molar-refractivity contribution >= 4 is 5.91 Å². The van der Waals surface area contributed by atoms with E-state index < -0.39 is 0 Å². The van der Waals surface area contributed by atoms with Gasteiger partial charge in [0.1, 0.15) is 0 Å². The number of likely N-dealkylation sites (N-methyl/N-ethyl adjacent to an activating group) is 1. The first kappa shape index (κ1) is 29.3. The number of carbonyl (C=O) groups is 1. The molecular weight excluding hydrogens is 474 g/mol. The minimum Gasteiger partial charge on any atom is -0.376 e. The summed E-state index contributed by atoms with van der Waals surface area (Å²) in [5.41, 5.74) is 2.55. The van der Waals surface area contributed by atoms with Gasteiger partial charge < -0.3 is 19.1 Å². The van der Waals surface area contributed by atoms with Gasteiger partial charge in [0.15, 0.2) is 6.29 Å². The first-order valence-corrected chi connectivity index (χ1v) is 15.4. The highest BCUT2D eigenvalue weighted by Crippen LogP contribution is 2.39. The summed E-state index contributed by atoms with van der Waals surface area (Å²) in [5, 5.41) is 0. The van der Waals surface area contributed by atoms with Crippen molar-refractivity contribution in [1.82, 2.24) is 4.90 Å². The number of rotatable bonds is 12. The molecule has 0 bridgehead atoms. The van der Waals surface area contributed by atoms with E-state index in [0.717, 1.165) is 56.3 Å². The van der Waals surface area contributed by atoms with E-state index in [1.165, 1.54) is 63.0 Å². The first-order valence-electron chi connectivity index (χ1n) is 15.4. The third-order valence-electron chi connectivity index (χ3n) is 9.38. The van der Waals surface area contributed by atoms with E-state index >= 15 is 0 Å². The second-order valence-electron chi connectivity index (χ2n) is 12.0. The van der Waals surface area contributed by atoms with Crippen molar-refractivity contribution in [3.63, 3.8) is 0 Å². The Morgan fingerprint density at radius 2 is 1.61 bits per heavy atom. The molecule has 0 aromatic heterocycles. The Balaban J connectivity index is 1.14. The van der Waals surface area contributed by atoms with E-state index in [1.54, 1.807) is 11.9 Å². The monoisotopic (exact) mass is 525 g/mol. The van der Waals surface area contributed by atoms with E-state index in [2.05, 4.69) is 37.8 Å². The van der Waals surface area contributed by atoms with Crippen LogP contribution in [0.15, 0.2) is 36.9 Å². The van der Waals surface area contributed by atoms with Gasteiger partial charge in [-0.1, -0.05) is 76.3 Å². The van der Waals surface area contributed by atoms with Gasteiger partial charge in [0.25, 0.3) is 0 Å². The second-order valence-corrected chi connectivity index (χ2v) is 12.0. The molecule has 2 saturated carbocycles. The van der Waals surface area contributed by atoms with Crippen molar-refractivity contribution in [2.75, 3.05) is 33.4 Å². The van der Waals surface area contributed by atoms with Gasteiger partial charge in [-0.2, -0.15) is 0 Å². The van der Waals surface area contributed by atoms with Crippen molar-refractivity contribution in [1.29, 1.82) is 0 Å². The van der Waals surface area contributed by atoms with Crippen molar-refractivity contribution < 1.29 is 19.0 Å². The quantitative estimate of drug-likeness (QED) is 0.210. The van der Waals surface area contributed by atoms with Crippen molar-refractivity contribution in [2.45, 2.75) is 102 Å². The number of hydrogen-bond donors (Lipinski definition) is 0. The molecule has 1 amide bonds. The molecule has 38 heavy (non-hydrogen) atoms. The lowest BCUT2D eigenvalue weighted by molar-refractivity contribution is -0.214. The fraction of sp³-hybridized carbons (Fsp3) is 0.727. The SMILES string of the molecule is C=CC(=O)N(C)CCOC1CCC(c2ccc(C3OCC(C4CCC(CCCCC)CC4)CO3)cc2)CC1. The molecule has 0 radical (unpaired) electrons. The summed E-state index contributed by atoms with van der Waals surface area (Å²) in [7, 11) is 1.79. The van der Waals surface area contributed by atoms with Gasteiger partial charge in [-0.05, 0) is 67.9 Å². The van der Waals surface area contributed by atoms with E-state index in [9.17, 15) is 4.79 Å². The lowest BCUT2D eigenvalue weighted by atomic mass is 9.74. The predicted octanol–water partition coefficient (Wildman–Crippen LogP) is 7.42. The van der Waals surface area contributed by atoms with Gasteiger partial charge in [0, 0.05) is 25.1 Å². The van der Waals surface area contributed by atoms with Gasteiger partial charge in [-0.3, -0.25) is 4.79 Å². The second kappa shape index (κ2) is 15.2. The van der Waals surface area contributed by atoms with Crippen LogP contribution in [0.5, 0.6) is 0 Å². The third kappa shape index (κ3) is 8.40. The molecule has 3 aliphatic rings. The number of nitrogens with zero attached hydrogens (tertiary/aromatic N) is 1. The maximum Gasteiger partial charge on any atom is 0.245 e. The highest BCUT2D eigenvalue weighted by atomic mass is 16.7. The van der Waals surface area contributed by atoms with E-state index in [-0.39, 0.29) is 12.2 Å². The van der Waals surface area contributed by atoms with Crippen LogP contribution in [0.4, 0.5) is 0 Å². The third-order valence-corrected chi connectivity index (χ3v) is 9.38. The summed E-state index contributed by atoms with van der Waals surface area (Å²) in [4.78, 5) is 13.2. The Hall–Kier alpha value is -1.69. The van der Waals surface area contributed by atoms with Gasteiger partial charge in [-0.15, -0.1) is 0 Å². The first-order chi connectivity index (χ1) is 18.6. The highest BCUT2D eigenvalue weighted by Gasteiger charge is 2.32. The highest BCUT2D eigenvalue weighted by molar-refractivity contribution is 5.86. The van der Waals surface area contributed by atoms with Crippen LogP contribution in [-0.2, 0) is 19.0 Å². The lowest BCUT2D eigenvalue weighted by Crippen LogP contribution is -2.34. The van der Waals surface area contributed by atoms with Crippen molar-refractivity contribution in [3.05, 3.63) is 48.0 Å². The average molecular weight is 526 g/mol. The van der Waals surface area contributed by atoms with Crippen LogP contribution >= 0.6 is 0 Å². The van der Waals surface area contributed by atoms with Crippen LogP contribution in [0.25, 0.3) is 0 Å². The summed E-state index contributed by atoms with van der Waals surface area (Å²) >= 11 is 0. The van der Waals surface area contributed by atoms with E-state index in [0.29, 0.717) is 31.1 Å². The molecule has 0 atom stereocenters. The normalized spacial score (nSPS) is 30.1. The minimum absolute atomic E-state index is 0.0555. The molecule has 5 nitrogen and oxygen atoms in total. The Morgan fingerprint density at radius 3 is 2.24 bits per heavy atom. The number of hydrogen-bond acceptors (Lipinski definition) is 4. The van der Waals surface area contributed by atoms with Crippen LogP contribution in [0.1, 0.15) is 107 Å². The van der Waals surface area contributed by atoms with Crippen LogP contribution < -0.4 is 0 Å².